The molecule has 3 rings (SSSR count). The highest BCUT2D eigenvalue weighted by molar-refractivity contribution is 6.34. The van der Waals surface area contributed by atoms with E-state index in [0.29, 0.717) is 41.8 Å². The van der Waals surface area contributed by atoms with Crippen LogP contribution in [0.3, 0.4) is 0 Å². The van der Waals surface area contributed by atoms with Gasteiger partial charge in [0, 0.05) is 25.1 Å². The summed E-state index contributed by atoms with van der Waals surface area (Å²) in [6, 6.07) is 3.17. The van der Waals surface area contributed by atoms with E-state index in [4.69, 9.17) is 21.1 Å². The Morgan fingerprint density at radius 1 is 1.43 bits per heavy atom. The molecular weight excluding hydrogens is 345 g/mol. The number of hydrogen-bond acceptors (Lipinski definition) is 5. The van der Waals surface area contributed by atoms with E-state index >= 15 is 0 Å². The van der Waals surface area contributed by atoms with Crippen molar-refractivity contribution < 1.29 is 19.1 Å². The summed E-state index contributed by atoms with van der Waals surface area (Å²) in [5.41, 5.74) is 0.958. The van der Waals surface area contributed by atoms with Crippen LogP contribution in [-0.2, 0) is 14.3 Å². The molecule has 1 atom stereocenters. The number of fused-ring (bicyclic) bond motifs is 1. The third-order valence-corrected chi connectivity index (χ3v) is 3.72. The number of anilines is 2. The first-order valence-electron chi connectivity index (χ1n) is 6.99. The molecule has 1 aromatic carbocycles. The lowest BCUT2D eigenvalue weighted by molar-refractivity contribution is -0.119. The van der Waals surface area contributed by atoms with Gasteiger partial charge in [0.1, 0.15) is 5.75 Å². The van der Waals surface area contributed by atoms with Crippen molar-refractivity contribution in [3.8, 4) is 5.75 Å². The lowest BCUT2D eigenvalue weighted by Gasteiger charge is -2.23. The second kappa shape index (κ2) is 7.83. The number of hydrogen-bond donors (Lipinski definition) is 3. The van der Waals surface area contributed by atoms with Crippen LogP contribution in [0.15, 0.2) is 12.1 Å². The molecule has 1 aromatic rings. The molecule has 23 heavy (non-hydrogen) atoms. The summed E-state index contributed by atoms with van der Waals surface area (Å²) in [4.78, 5) is 23.3. The molecule has 1 saturated heterocycles. The molecule has 0 spiro atoms. The fourth-order valence-electron chi connectivity index (χ4n) is 2.37. The van der Waals surface area contributed by atoms with Crippen molar-refractivity contribution in [2.75, 3.05) is 37.0 Å². The molecule has 7 nitrogen and oxygen atoms in total. The second-order valence-electron chi connectivity index (χ2n) is 5.14. The number of halogens is 2. The largest absolute Gasteiger partial charge is 0.482 e. The maximum absolute atomic E-state index is 12.1. The fourth-order valence-corrected chi connectivity index (χ4v) is 2.58. The normalized spacial score (nSPS) is 19.7. The summed E-state index contributed by atoms with van der Waals surface area (Å²) in [6.45, 7) is 1.87. The van der Waals surface area contributed by atoms with E-state index in [1.54, 1.807) is 12.1 Å². The van der Waals surface area contributed by atoms with Gasteiger partial charge >= 0.3 is 0 Å². The van der Waals surface area contributed by atoms with E-state index in [0.717, 1.165) is 6.54 Å². The second-order valence-corrected chi connectivity index (χ2v) is 5.55. The van der Waals surface area contributed by atoms with Gasteiger partial charge in [-0.25, -0.2) is 0 Å². The van der Waals surface area contributed by atoms with Gasteiger partial charge in [-0.15, -0.1) is 12.4 Å². The number of rotatable bonds is 3. The van der Waals surface area contributed by atoms with E-state index < -0.39 is 0 Å². The smallest absolute Gasteiger partial charge is 0.262 e. The van der Waals surface area contributed by atoms with Gasteiger partial charge in [-0.05, 0) is 6.07 Å². The molecule has 0 aromatic heterocycles. The number of morpholine rings is 1. The van der Waals surface area contributed by atoms with Gasteiger partial charge in [-0.1, -0.05) is 11.6 Å². The number of ether oxygens (including phenoxy) is 2. The lowest BCUT2D eigenvalue weighted by Crippen LogP contribution is -2.43. The topological polar surface area (TPSA) is 88.7 Å². The quantitative estimate of drug-likeness (QED) is 0.757. The molecule has 1 fully saturated rings. The van der Waals surface area contributed by atoms with Crippen LogP contribution in [0.1, 0.15) is 6.42 Å². The zero-order valence-corrected chi connectivity index (χ0v) is 13.8. The van der Waals surface area contributed by atoms with Crippen molar-refractivity contribution in [3.63, 3.8) is 0 Å². The number of benzene rings is 1. The lowest BCUT2D eigenvalue weighted by atomic mass is 10.2. The van der Waals surface area contributed by atoms with Crippen molar-refractivity contribution in [3.05, 3.63) is 17.2 Å². The molecule has 2 amide bonds. The van der Waals surface area contributed by atoms with Crippen LogP contribution in [0.5, 0.6) is 5.75 Å². The highest BCUT2D eigenvalue weighted by atomic mass is 35.5. The summed E-state index contributed by atoms with van der Waals surface area (Å²) >= 11 is 6.13. The number of amides is 2. The van der Waals surface area contributed by atoms with Crippen molar-refractivity contribution in [1.29, 1.82) is 0 Å². The molecule has 3 N–H and O–H groups in total. The van der Waals surface area contributed by atoms with Crippen molar-refractivity contribution in [2.45, 2.75) is 12.5 Å². The van der Waals surface area contributed by atoms with Gasteiger partial charge in [0.2, 0.25) is 5.91 Å². The van der Waals surface area contributed by atoms with E-state index in [-0.39, 0.29) is 36.9 Å². The van der Waals surface area contributed by atoms with Crippen LogP contribution in [0.2, 0.25) is 5.02 Å². The van der Waals surface area contributed by atoms with Gasteiger partial charge in [0.05, 0.1) is 29.6 Å². The minimum absolute atomic E-state index is 0. The summed E-state index contributed by atoms with van der Waals surface area (Å²) in [7, 11) is 0. The maximum Gasteiger partial charge on any atom is 0.262 e. The van der Waals surface area contributed by atoms with Crippen LogP contribution in [0.4, 0.5) is 11.4 Å². The van der Waals surface area contributed by atoms with Crippen LogP contribution in [0.25, 0.3) is 0 Å². The minimum Gasteiger partial charge on any atom is -0.482 e. The zero-order valence-electron chi connectivity index (χ0n) is 12.2. The van der Waals surface area contributed by atoms with Crippen LogP contribution in [0, 0.1) is 0 Å². The predicted octanol–water partition coefficient (Wildman–Crippen LogP) is 1.41. The Bertz CT molecular complexity index is 606. The van der Waals surface area contributed by atoms with E-state index in [1.807, 2.05) is 0 Å². The van der Waals surface area contributed by atoms with Crippen molar-refractivity contribution in [1.82, 2.24) is 5.32 Å². The summed E-state index contributed by atoms with van der Waals surface area (Å²) < 4.78 is 10.6. The van der Waals surface area contributed by atoms with Crippen molar-refractivity contribution >= 4 is 47.2 Å². The fraction of sp³-hybridized carbons (Fsp3) is 0.429. The molecule has 126 valence electrons. The highest BCUT2D eigenvalue weighted by Crippen LogP contribution is 2.36. The molecular formula is C14H17Cl2N3O4. The van der Waals surface area contributed by atoms with Gasteiger partial charge in [0.15, 0.2) is 6.61 Å². The van der Waals surface area contributed by atoms with Crippen LogP contribution in [-0.4, -0.2) is 44.2 Å². The average Bonchev–Trinajstić information content (AvgIpc) is 2.49. The Kier molecular flexibility index (Phi) is 6.06. The highest BCUT2D eigenvalue weighted by Gasteiger charge is 2.21. The molecule has 0 saturated carbocycles. The van der Waals surface area contributed by atoms with Gasteiger partial charge in [0.25, 0.3) is 5.91 Å². The van der Waals surface area contributed by atoms with Crippen LogP contribution < -0.4 is 20.7 Å². The molecule has 0 bridgehead atoms. The Morgan fingerprint density at radius 3 is 3.00 bits per heavy atom. The average molecular weight is 362 g/mol. The number of nitrogens with one attached hydrogen (secondary N) is 3. The third kappa shape index (κ3) is 4.48. The minimum atomic E-state index is -0.233. The first kappa shape index (κ1) is 17.8. The molecule has 0 aliphatic carbocycles. The summed E-state index contributed by atoms with van der Waals surface area (Å²) in [5, 5.41) is 8.97. The first-order valence-corrected chi connectivity index (χ1v) is 7.37. The zero-order chi connectivity index (χ0) is 15.5. The number of carbonyl (C=O) groups is 2. The monoisotopic (exact) mass is 361 g/mol. The van der Waals surface area contributed by atoms with E-state index in [1.165, 1.54) is 0 Å². The third-order valence-electron chi connectivity index (χ3n) is 3.41. The molecule has 0 radical (unpaired) electrons. The maximum atomic E-state index is 12.1. The summed E-state index contributed by atoms with van der Waals surface area (Å²) in [5.74, 6) is 0.0897. The Hall–Kier alpha value is -1.54. The standard InChI is InChI=1S/C14H16ClN3O4.ClH/c15-9-4-11-12(22-7-14(20)18-11)5-10(9)17-13(19)3-8-6-21-2-1-16-8;/h4-5,8,16H,1-3,6-7H2,(H,17,19)(H,18,20);1H. The molecule has 1 unspecified atom stereocenters. The van der Waals surface area contributed by atoms with E-state index in [9.17, 15) is 9.59 Å². The predicted molar refractivity (Wildman–Crippen MR) is 88.7 cm³/mol. The Morgan fingerprint density at radius 2 is 2.26 bits per heavy atom. The SMILES string of the molecule is Cl.O=C(CC1COCCN1)Nc1cc2c(cc1Cl)NC(=O)CO2. The van der Waals surface area contributed by atoms with Crippen LogP contribution >= 0.6 is 24.0 Å². The Balaban J connectivity index is 0.00000192. The Labute approximate surface area is 144 Å². The van der Waals surface area contributed by atoms with E-state index in [2.05, 4.69) is 16.0 Å². The molecule has 2 aliphatic heterocycles. The summed E-state index contributed by atoms with van der Waals surface area (Å²) in [6.07, 6.45) is 0.297. The molecule has 2 aliphatic rings. The van der Waals surface area contributed by atoms with Gasteiger partial charge in [-0.3, -0.25) is 9.59 Å². The van der Waals surface area contributed by atoms with Gasteiger partial charge in [-0.2, -0.15) is 0 Å². The van der Waals surface area contributed by atoms with Gasteiger partial charge < -0.3 is 25.4 Å². The number of carbonyl (C=O) groups excluding carboxylic acids is 2. The first-order chi connectivity index (χ1) is 10.6. The molecule has 9 heteroatoms. The van der Waals surface area contributed by atoms with Crippen molar-refractivity contribution in [2.24, 2.45) is 0 Å². The molecule has 2 heterocycles.